The van der Waals surface area contributed by atoms with E-state index in [1.165, 1.54) is 24.7 Å². The molecule has 1 heterocycles. The largest absolute Gasteiger partial charge is 0.373 e. The monoisotopic (exact) mass is 366 g/mol. The number of rotatable bonds is 5. The first kappa shape index (κ1) is 18.9. The highest BCUT2D eigenvalue weighted by Crippen LogP contribution is 2.31. The molecule has 0 aliphatic carbocycles. The first-order valence-corrected chi connectivity index (χ1v) is 9.12. The van der Waals surface area contributed by atoms with Crippen LogP contribution in [0.3, 0.4) is 0 Å². The Morgan fingerprint density at radius 2 is 1.88 bits per heavy atom. The molecule has 0 radical (unpaired) electrons. The molecule has 1 aliphatic rings. The van der Waals surface area contributed by atoms with E-state index < -0.39 is 44.8 Å². The second-order valence-corrected chi connectivity index (χ2v) is 7.70. The molecule has 1 atom stereocenters. The van der Waals surface area contributed by atoms with E-state index in [1.807, 2.05) is 0 Å². The maximum atomic E-state index is 12.4. The zero-order chi connectivity index (χ0) is 18.7. The minimum Gasteiger partial charge on any atom is -0.373 e. The molecule has 9 heteroatoms. The molecule has 1 aromatic rings. The third-order valence-electron chi connectivity index (χ3n) is 3.93. The van der Waals surface area contributed by atoms with Crippen LogP contribution in [0.4, 0.5) is 0 Å². The van der Waals surface area contributed by atoms with Crippen LogP contribution in [0, 0.1) is 11.8 Å². The van der Waals surface area contributed by atoms with Crippen molar-refractivity contribution in [1.29, 1.82) is 0 Å². The number of methoxy groups -OCH3 is 1. The number of hydrogen-bond acceptors (Lipinski definition) is 6. The van der Waals surface area contributed by atoms with Crippen LogP contribution in [0.15, 0.2) is 24.3 Å². The van der Waals surface area contributed by atoms with Gasteiger partial charge in [0.2, 0.25) is 0 Å². The molecule has 1 unspecified atom stereocenters. The molecule has 1 saturated heterocycles. The van der Waals surface area contributed by atoms with E-state index in [0.29, 0.717) is 0 Å². The molecule has 0 saturated carbocycles. The molecule has 2 amide bonds. The van der Waals surface area contributed by atoms with Gasteiger partial charge in [-0.15, -0.1) is 5.92 Å². The summed E-state index contributed by atoms with van der Waals surface area (Å²) in [5.74, 6) is 3.14. The maximum Gasteiger partial charge on any atom is 0.268 e. The molecule has 2 rings (SSSR count). The second-order valence-electron chi connectivity index (χ2n) is 5.64. The first-order valence-electron chi connectivity index (χ1n) is 7.30. The summed E-state index contributed by atoms with van der Waals surface area (Å²) in [5, 5.41) is 11.4. The van der Waals surface area contributed by atoms with Crippen molar-refractivity contribution in [2.45, 2.75) is 18.6 Å². The van der Waals surface area contributed by atoms with Crippen LogP contribution in [0.2, 0.25) is 0 Å². The Labute approximate surface area is 145 Å². The van der Waals surface area contributed by atoms with Gasteiger partial charge in [-0.25, -0.2) is 13.9 Å². The van der Waals surface area contributed by atoms with Crippen LogP contribution in [0.5, 0.6) is 0 Å². The molecule has 8 nitrogen and oxygen atoms in total. The summed E-state index contributed by atoms with van der Waals surface area (Å²) in [6.07, 6.45) is 0. The van der Waals surface area contributed by atoms with Crippen molar-refractivity contribution in [2.75, 3.05) is 18.6 Å². The summed E-state index contributed by atoms with van der Waals surface area (Å²) >= 11 is 0. The highest BCUT2D eigenvalue weighted by molar-refractivity contribution is 7.93. The van der Waals surface area contributed by atoms with Gasteiger partial charge in [0.1, 0.15) is 11.6 Å². The van der Waals surface area contributed by atoms with Crippen molar-refractivity contribution in [2.24, 2.45) is 0 Å². The van der Waals surface area contributed by atoms with E-state index in [2.05, 4.69) is 17.2 Å². The standard InChI is InChI=1S/C16H18N2O6S/c1-3-4-11-5-7-12(8-6-11)14(19)17-13(15(20)18-21)16(24-2)9-25(22,23)10-16/h5-8,13,21H,9-10H2,1-2H3,(H,17,19)(H,18,20). The second kappa shape index (κ2) is 7.23. The highest BCUT2D eigenvalue weighted by atomic mass is 32.2. The van der Waals surface area contributed by atoms with Crippen LogP contribution in [-0.4, -0.2) is 55.7 Å². The number of hydroxylamine groups is 1. The topological polar surface area (TPSA) is 122 Å². The van der Waals surface area contributed by atoms with E-state index in [0.717, 1.165) is 5.56 Å². The van der Waals surface area contributed by atoms with Crippen LogP contribution in [0.25, 0.3) is 0 Å². The van der Waals surface area contributed by atoms with Gasteiger partial charge in [0.25, 0.3) is 11.8 Å². The summed E-state index contributed by atoms with van der Waals surface area (Å²) in [4.78, 5) is 24.4. The third-order valence-corrected chi connectivity index (χ3v) is 5.78. The van der Waals surface area contributed by atoms with Gasteiger partial charge in [0, 0.05) is 18.2 Å². The van der Waals surface area contributed by atoms with E-state index in [4.69, 9.17) is 9.94 Å². The van der Waals surface area contributed by atoms with Gasteiger partial charge >= 0.3 is 0 Å². The lowest BCUT2D eigenvalue weighted by molar-refractivity contribution is -0.138. The molecule has 0 bridgehead atoms. The Kier molecular flexibility index (Phi) is 5.47. The van der Waals surface area contributed by atoms with Crippen molar-refractivity contribution in [3.8, 4) is 11.8 Å². The fourth-order valence-electron chi connectivity index (χ4n) is 2.67. The minimum absolute atomic E-state index is 0.255. The lowest BCUT2D eigenvalue weighted by Crippen LogP contribution is -2.71. The third kappa shape index (κ3) is 3.99. The summed E-state index contributed by atoms with van der Waals surface area (Å²) in [5.41, 5.74) is 0.994. The quantitative estimate of drug-likeness (QED) is 0.366. The summed E-state index contributed by atoms with van der Waals surface area (Å²) in [6.45, 7) is 1.69. The van der Waals surface area contributed by atoms with Crippen molar-refractivity contribution < 1.29 is 28.0 Å². The van der Waals surface area contributed by atoms with Gasteiger partial charge in [-0.1, -0.05) is 5.92 Å². The number of amides is 2. The fraction of sp³-hybridized carbons (Fsp3) is 0.375. The maximum absolute atomic E-state index is 12.4. The van der Waals surface area contributed by atoms with Gasteiger partial charge in [-0.05, 0) is 31.2 Å². The fourth-order valence-corrected chi connectivity index (χ4v) is 4.64. The Hall–Kier alpha value is -2.41. The molecule has 0 spiro atoms. The lowest BCUT2D eigenvalue weighted by Gasteiger charge is -2.44. The Balaban J connectivity index is 2.23. The predicted molar refractivity (Wildman–Crippen MR) is 88.6 cm³/mol. The molecular formula is C16H18N2O6S. The smallest absolute Gasteiger partial charge is 0.268 e. The number of carbonyl (C=O) groups is 2. The van der Waals surface area contributed by atoms with Crippen LogP contribution in [-0.2, 0) is 19.4 Å². The van der Waals surface area contributed by atoms with Crippen molar-refractivity contribution >= 4 is 21.7 Å². The van der Waals surface area contributed by atoms with Gasteiger partial charge < -0.3 is 10.1 Å². The average Bonchev–Trinajstić information content (AvgIpc) is 2.57. The van der Waals surface area contributed by atoms with Crippen molar-refractivity contribution in [3.05, 3.63) is 35.4 Å². The molecule has 1 aromatic carbocycles. The van der Waals surface area contributed by atoms with E-state index >= 15 is 0 Å². The molecule has 1 aliphatic heterocycles. The van der Waals surface area contributed by atoms with Gasteiger partial charge in [0.05, 0.1) is 11.5 Å². The number of sulfone groups is 1. The molecule has 3 N–H and O–H groups in total. The lowest BCUT2D eigenvalue weighted by atomic mass is 9.95. The van der Waals surface area contributed by atoms with Crippen LogP contribution < -0.4 is 10.8 Å². The average molecular weight is 366 g/mol. The highest BCUT2D eigenvalue weighted by Gasteiger charge is 2.57. The number of carbonyl (C=O) groups excluding carboxylic acids is 2. The van der Waals surface area contributed by atoms with Gasteiger partial charge in [-0.2, -0.15) is 0 Å². The number of ether oxygens (including phenoxy) is 1. The SMILES string of the molecule is CC#Cc1ccc(C(=O)NC(C(=O)NO)C2(OC)CS(=O)(=O)C2)cc1. The normalized spacial score (nSPS) is 18.0. The minimum atomic E-state index is -3.35. The Morgan fingerprint density at radius 1 is 1.28 bits per heavy atom. The van der Waals surface area contributed by atoms with E-state index in [9.17, 15) is 18.0 Å². The molecular weight excluding hydrogens is 348 g/mol. The Morgan fingerprint density at radius 3 is 2.32 bits per heavy atom. The summed E-state index contributed by atoms with van der Waals surface area (Å²) in [6, 6.07) is 4.98. The first-order chi connectivity index (χ1) is 11.8. The van der Waals surface area contributed by atoms with Gasteiger partial charge in [-0.3, -0.25) is 14.8 Å². The number of hydrogen-bond donors (Lipinski definition) is 3. The van der Waals surface area contributed by atoms with Crippen molar-refractivity contribution in [1.82, 2.24) is 10.8 Å². The zero-order valence-corrected chi connectivity index (χ0v) is 14.5. The van der Waals surface area contributed by atoms with Crippen LogP contribution in [0.1, 0.15) is 22.8 Å². The van der Waals surface area contributed by atoms with E-state index in [-0.39, 0.29) is 5.56 Å². The summed E-state index contributed by atoms with van der Waals surface area (Å²) < 4.78 is 28.3. The molecule has 0 aromatic heterocycles. The predicted octanol–water partition coefficient (Wildman–Crippen LogP) is -0.525. The summed E-state index contributed by atoms with van der Waals surface area (Å²) in [7, 11) is -2.11. The number of benzene rings is 1. The number of nitrogens with one attached hydrogen (secondary N) is 2. The molecule has 1 fully saturated rings. The van der Waals surface area contributed by atoms with E-state index in [1.54, 1.807) is 19.1 Å². The molecule has 134 valence electrons. The van der Waals surface area contributed by atoms with Crippen LogP contribution >= 0.6 is 0 Å². The Bertz CT molecular complexity index is 824. The zero-order valence-electron chi connectivity index (χ0n) is 13.7. The van der Waals surface area contributed by atoms with Gasteiger partial charge in [0.15, 0.2) is 9.84 Å². The molecule has 25 heavy (non-hydrogen) atoms. The van der Waals surface area contributed by atoms with Crippen molar-refractivity contribution in [3.63, 3.8) is 0 Å².